The molecule has 0 radical (unpaired) electrons. The van der Waals surface area contributed by atoms with Crippen molar-refractivity contribution in [3.8, 4) is 11.5 Å². The number of Topliss-reactive ketones (excluding diaryl/α,β-unsaturated/α-hetero) is 1. The summed E-state index contributed by atoms with van der Waals surface area (Å²) in [5.41, 5.74) is 1.16. The molecule has 188 valence electrons. The van der Waals surface area contributed by atoms with Gasteiger partial charge in [0.1, 0.15) is 23.1 Å². The number of ether oxygens (including phenoxy) is 1. The Bertz CT molecular complexity index is 1530. The first kappa shape index (κ1) is 24.5. The summed E-state index contributed by atoms with van der Waals surface area (Å²) in [4.78, 5) is 32.4. The Kier molecular flexibility index (Phi) is 6.62. The summed E-state index contributed by atoms with van der Waals surface area (Å²) in [6.45, 7) is 2.56. The Hall–Kier alpha value is -4.24. The van der Waals surface area contributed by atoms with Gasteiger partial charge in [-0.25, -0.2) is 9.37 Å². The first-order chi connectivity index (χ1) is 17.9. The number of rotatable bonds is 7. The Labute approximate surface area is 216 Å². The number of carbonyl (C=O) groups excluding carboxylic acids is 2. The number of phenols is 1. The van der Waals surface area contributed by atoms with Gasteiger partial charge in [-0.3, -0.25) is 14.5 Å². The third-order valence-corrected chi connectivity index (χ3v) is 7.09. The van der Waals surface area contributed by atoms with Crippen molar-refractivity contribution in [3.05, 3.63) is 89.2 Å². The van der Waals surface area contributed by atoms with Gasteiger partial charge < -0.3 is 14.9 Å². The molecule has 1 aromatic heterocycles. The van der Waals surface area contributed by atoms with Gasteiger partial charge in [0.25, 0.3) is 5.78 Å². The minimum absolute atomic E-state index is 0.00749. The number of benzene rings is 3. The van der Waals surface area contributed by atoms with E-state index in [1.54, 1.807) is 36.4 Å². The van der Waals surface area contributed by atoms with Crippen molar-refractivity contribution in [1.29, 1.82) is 0 Å². The lowest BCUT2D eigenvalue weighted by Crippen LogP contribution is -2.29. The van der Waals surface area contributed by atoms with E-state index in [1.807, 2.05) is 0 Å². The number of phenolic OH excluding ortho intramolecular Hbond substituents is 1. The number of ketones is 1. The first-order valence-corrected chi connectivity index (χ1v) is 12.6. The number of aliphatic hydroxyl groups is 1. The molecule has 4 aromatic rings. The Balaban J connectivity index is 1.64. The zero-order valence-electron chi connectivity index (χ0n) is 19.8. The molecule has 9 heteroatoms. The summed E-state index contributed by atoms with van der Waals surface area (Å²) in [5, 5.41) is 21.3. The second-order valence-electron chi connectivity index (χ2n) is 8.60. The number of thiazole rings is 1. The molecule has 1 aliphatic rings. The molecule has 1 unspecified atom stereocenters. The second kappa shape index (κ2) is 10.0. The minimum atomic E-state index is -1.02. The second-order valence-corrected chi connectivity index (χ2v) is 9.61. The van der Waals surface area contributed by atoms with Crippen LogP contribution < -0.4 is 9.64 Å². The van der Waals surface area contributed by atoms with E-state index < -0.39 is 23.5 Å². The molecule has 0 spiro atoms. The van der Waals surface area contributed by atoms with Crippen LogP contribution in [0.1, 0.15) is 36.9 Å². The highest BCUT2D eigenvalue weighted by atomic mass is 32.1. The van der Waals surface area contributed by atoms with Gasteiger partial charge in [0.2, 0.25) is 0 Å². The maximum atomic E-state index is 13.8. The molecule has 1 aliphatic heterocycles. The van der Waals surface area contributed by atoms with Crippen LogP contribution in [-0.4, -0.2) is 33.5 Å². The summed E-state index contributed by atoms with van der Waals surface area (Å²) < 4.78 is 20.1. The lowest BCUT2D eigenvalue weighted by Gasteiger charge is -2.23. The van der Waals surface area contributed by atoms with Crippen LogP contribution in [0.5, 0.6) is 11.5 Å². The Morgan fingerprint density at radius 1 is 1.11 bits per heavy atom. The number of aliphatic hydroxyl groups excluding tert-OH is 1. The third kappa shape index (κ3) is 4.65. The van der Waals surface area contributed by atoms with E-state index >= 15 is 0 Å². The number of fused-ring (bicyclic) bond motifs is 1. The van der Waals surface area contributed by atoms with Gasteiger partial charge in [0.05, 0.1) is 28.4 Å². The number of anilines is 1. The monoisotopic (exact) mass is 518 g/mol. The number of amides is 1. The highest BCUT2D eigenvalue weighted by molar-refractivity contribution is 7.22. The van der Waals surface area contributed by atoms with Crippen LogP contribution in [0, 0.1) is 5.82 Å². The number of nitrogens with zero attached hydrogens (tertiary/aromatic N) is 2. The molecule has 0 aliphatic carbocycles. The molecule has 2 heterocycles. The molecule has 1 amide bonds. The molecule has 1 fully saturated rings. The van der Waals surface area contributed by atoms with Crippen LogP contribution in [0.15, 0.2) is 72.3 Å². The quantitative estimate of drug-likeness (QED) is 0.136. The molecule has 1 atom stereocenters. The number of aromatic hydroxyl groups is 1. The standard InChI is InChI=1S/C28H23FN2O5S/c1-2-3-13-36-20-6-4-5-17(14-20)25(33)23-24(16-7-10-19(32)11-8-16)31(27(35)26(23)34)28-30-21-12-9-18(29)15-22(21)37-28/h4-12,14-15,24,32-33H,2-3,13H2,1H3. The smallest absolute Gasteiger partial charge is 0.301 e. The summed E-state index contributed by atoms with van der Waals surface area (Å²) in [5.74, 6) is -2.00. The van der Waals surface area contributed by atoms with Crippen molar-refractivity contribution in [2.45, 2.75) is 25.8 Å². The van der Waals surface area contributed by atoms with Gasteiger partial charge in [-0.2, -0.15) is 0 Å². The summed E-state index contributed by atoms with van der Waals surface area (Å²) >= 11 is 1.07. The fourth-order valence-electron chi connectivity index (χ4n) is 4.21. The Morgan fingerprint density at radius 2 is 1.89 bits per heavy atom. The van der Waals surface area contributed by atoms with E-state index in [4.69, 9.17) is 4.74 Å². The number of unbranched alkanes of at least 4 members (excludes halogenated alkanes) is 1. The van der Waals surface area contributed by atoms with Gasteiger partial charge in [0.15, 0.2) is 5.13 Å². The van der Waals surface area contributed by atoms with Gasteiger partial charge in [-0.05, 0) is 54.4 Å². The fraction of sp³-hybridized carbons (Fsp3) is 0.179. The SMILES string of the molecule is CCCCOc1cccc(C(O)=C2C(=O)C(=O)N(c3nc4ccc(F)cc4s3)C2c2ccc(O)cc2)c1. The minimum Gasteiger partial charge on any atom is -0.508 e. The zero-order chi connectivity index (χ0) is 26.1. The first-order valence-electron chi connectivity index (χ1n) is 11.8. The van der Waals surface area contributed by atoms with Gasteiger partial charge in [-0.15, -0.1) is 0 Å². The molecule has 5 rings (SSSR count). The van der Waals surface area contributed by atoms with Gasteiger partial charge >= 0.3 is 5.91 Å². The molecule has 37 heavy (non-hydrogen) atoms. The molecule has 7 nitrogen and oxygen atoms in total. The molecule has 0 saturated carbocycles. The molecule has 1 saturated heterocycles. The maximum absolute atomic E-state index is 13.8. The molecule has 2 N–H and O–H groups in total. The topological polar surface area (TPSA) is 100.0 Å². The van der Waals surface area contributed by atoms with E-state index in [1.165, 1.54) is 35.2 Å². The normalized spacial score (nSPS) is 17.0. The maximum Gasteiger partial charge on any atom is 0.301 e. The number of hydrogen-bond donors (Lipinski definition) is 2. The van der Waals surface area contributed by atoms with Crippen molar-refractivity contribution in [3.63, 3.8) is 0 Å². The van der Waals surface area contributed by atoms with Crippen LogP contribution in [0.3, 0.4) is 0 Å². The number of carbonyl (C=O) groups is 2. The summed E-state index contributed by atoms with van der Waals surface area (Å²) in [6, 6.07) is 15.8. The van der Waals surface area contributed by atoms with Crippen LogP contribution in [0.4, 0.5) is 9.52 Å². The van der Waals surface area contributed by atoms with Crippen LogP contribution in [0.25, 0.3) is 16.0 Å². The van der Waals surface area contributed by atoms with Crippen LogP contribution in [-0.2, 0) is 9.59 Å². The lowest BCUT2D eigenvalue weighted by molar-refractivity contribution is -0.132. The lowest BCUT2D eigenvalue weighted by atomic mass is 9.95. The van der Waals surface area contributed by atoms with E-state index in [0.29, 0.717) is 33.7 Å². The van der Waals surface area contributed by atoms with Crippen LogP contribution >= 0.6 is 11.3 Å². The molecular weight excluding hydrogens is 495 g/mol. The number of hydrogen-bond acceptors (Lipinski definition) is 7. The number of halogens is 1. The van der Waals surface area contributed by atoms with Crippen molar-refractivity contribution < 1.29 is 28.9 Å². The van der Waals surface area contributed by atoms with Crippen molar-refractivity contribution in [1.82, 2.24) is 4.98 Å². The molecule has 3 aromatic carbocycles. The zero-order valence-corrected chi connectivity index (χ0v) is 20.7. The highest BCUT2D eigenvalue weighted by Crippen LogP contribution is 2.44. The number of aromatic nitrogens is 1. The van der Waals surface area contributed by atoms with Gasteiger partial charge in [0, 0.05) is 5.56 Å². The predicted molar refractivity (Wildman–Crippen MR) is 139 cm³/mol. The summed E-state index contributed by atoms with van der Waals surface area (Å²) in [7, 11) is 0. The van der Waals surface area contributed by atoms with Crippen molar-refractivity contribution in [2.24, 2.45) is 0 Å². The Morgan fingerprint density at radius 3 is 2.65 bits per heavy atom. The highest BCUT2D eigenvalue weighted by Gasteiger charge is 2.48. The van der Waals surface area contributed by atoms with Crippen LogP contribution in [0.2, 0.25) is 0 Å². The average molecular weight is 519 g/mol. The third-order valence-electron chi connectivity index (χ3n) is 6.07. The molecule has 0 bridgehead atoms. The predicted octanol–water partition coefficient (Wildman–Crippen LogP) is 5.95. The average Bonchev–Trinajstić information content (AvgIpc) is 3.42. The largest absolute Gasteiger partial charge is 0.508 e. The summed E-state index contributed by atoms with van der Waals surface area (Å²) in [6.07, 6.45) is 1.84. The van der Waals surface area contributed by atoms with Crippen molar-refractivity contribution >= 4 is 44.1 Å². The van der Waals surface area contributed by atoms with Crippen molar-refractivity contribution in [2.75, 3.05) is 11.5 Å². The van der Waals surface area contributed by atoms with E-state index in [-0.39, 0.29) is 22.2 Å². The van der Waals surface area contributed by atoms with E-state index in [0.717, 1.165) is 24.2 Å². The fourth-order valence-corrected chi connectivity index (χ4v) is 5.23. The van der Waals surface area contributed by atoms with E-state index in [9.17, 15) is 24.2 Å². The van der Waals surface area contributed by atoms with Gasteiger partial charge in [-0.1, -0.05) is 48.9 Å². The van der Waals surface area contributed by atoms with E-state index in [2.05, 4.69) is 11.9 Å². The molecular formula is C28H23FN2O5S.